The van der Waals surface area contributed by atoms with Crippen LogP contribution in [-0.2, 0) is 11.3 Å². The van der Waals surface area contributed by atoms with E-state index in [1.807, 2.05) is 0 Å². The molecule has 5 nitrogen and oxygen atoms in total. The summed E-state index contributed by atoms with van der Waals surface area (Å²) in [5.41, 5.74) is 1.23. The van der Waals surface area contributed by atoms with E-state index in [0.29, 0.717) is 17.1 Å². The molecule has 1 aliphatic rings. The van der Waals surface area contributed by atoms with Crippen LogP contribution in [0.5, 0.6) is 11.5 Å². The molecule has 0 spiro atoms. The summed E-state index contributed by atoms with van der Waals surface area (Å²) in [4.78, 5) is 15.7. The number of rotatable bonds is 3. The van der Waals surface area contributed by atoms with Crippen LogP contribution in [0, 0.1) is 0 Å². The van der Waals surface area contributed by atoms with Gasteiger partial charge in [-0.05, 0) is 24.3 Å². The van der Waals surface area contributed by atoms with E-state index in [1.54, 1.807) is 30.5 Å². The van der Waals surface area contributed by atoms with Crippen LogP contribution >= 0.6 is 15.9 Å². The number of halogens is 1. The second-order valence-corrected chi connectivity index (χ2v) is 4.97. The maximum Gasteiger partial charge on any atom is 0.340 e. The van der Waals surface area contributed by atoms with E-state index < -0.39 is 5.97 Å². The topological polar surface area (TPSA) is 57.7 Å². The third kappa shape index (κ3) is 2.60. The minimum absolute atomic E-state index is 0.144. The first-order valence-corrected chi connectivity index (χ1v) is 6.68. The highest BCUT2D eigenvalue weighted by atomic mass is 79.9. The van der Waals surface area contributed by atoms with Gasteiger partial charge in [-0.3, -0.25) is 4.98 Å². The normalized spacial score (nSPS) is 12.2. The van der Waals surface area contributed by atoms with Crippen LogP contribution in [0.3, 0.4) is 0 Å². The molecule has 0 amide bonds. The van der Waals surface area contributed by atoms with Gasteiger partial charge in [0.05, 0.1) is 5.56 Å². The van der Waals surface area contributed by atoms with Crippen molar-refractivity contribution in [3.63, 3.8) is 0 Å². The molecular formula is C14H10BrNO4. The molecule has 1 aromatic heterocycles. The number of ether oxygens (including phenoxy) is 3. The number of carbonyl (C=O) groups is 1. The summed E-state index contributed by atoms with van der Waals surface area (Å²) >= 11 is 3.42. The lowest BCUT2D eigenvalue weighted by Crippen LogP contribution is -2.05. The summed E-state index contributed by atoms with van der Waals surface area (Å²) < 4.78 is 16.6. The Labute approximate surface area is 123 Å². The first-order chi connectivity index (χ1) is 9.74. The van der Waals surface area contributed by atoms with Crippen LogP contribution in [0.4, 0.5) is 0 Å². The number of pyridine rings is 1. The standard InChI is InChI=1S/C14H10BrNO4/c15-11-5-13-12(19-8-20-13)4-10(11)7-18-14(17)9-2-1-3-16-6-9/h1-6H,7-8H2. The average Bonchev–Trinajstić information content (AvgIpc) is 2.92. The molecule has 0 radical (unpaired) electrons. The zero-order chi connectivity index (χ0) is 13.9. The summed E-state index contributed by atoms with van der Waals surface area (Å²) in [5, 5.41) is 0. The van der Waals surface area contributed by atoms with E-state index in [1.165, 1.54) is 6.20 Å². The Morgan fingerprint density at radius 2 is 2.15 bits per heavy atom. The number of carbonyl (C=O) groups excluding carboxylic acids is 1. The highest BCUT2D eigenvalue weighted by Crippen LogP contribution is 2.37. The van der Waals surface area contributed by atoms with Crippen molar-refractivity contribution in [2.45, 2.75) is 6.61 Å². The Kier molecular flexibility index (Phi) is 3.56. The molecular weight excluding hydrogens is 326 g/mol. The van der Waals surface area contributed by atoms with Crippen molar-refractivity contribution in [1.29, 1.82) is 0 Å². The Hall–Kier alpha value is -2.08. The van der Waals surface area contributed by atoms with Crippen molar-refractivity contribution in [3.05, 3.63) is 52.3 Å². The predicted molar refractivity (Wildman–Crippen MR) is 73.6 cm³/mol. The van der Waals surface area contributed by atoms with Gasteiger partial charge in [-0.25, -0.2) is 4.79 Å². The van der Waals surface area contributed by atoms with Crippen LogP contribution in [0.15, 0.2) is 41.1 Å². The van der Waals surface area contributed by atoms with Gasteiger partial charge in [0.2, 0.25) is 6.79 Å². The van der Waals surface area contributed by atoms with Gasteiger partial charge in [0.15, 0.2) is 11.5 Å². The van der Waals surface area contributed by atoms with Crippen molar-refractivity contribution in [1.82, 2.24) is 4.98 Å². The van der Waals surface area contributed by atoms with Gasteiger partial charge in [-0.15, -0.1) is 0 Å². The second kappa shape index (κ2) is 5.50. The molecule has 0 aliphatic carbocycles. The molecule has 2 heterocycles. The zero-order valence-electron chi connectivity index (χ0n) is 10.3. The molecule has 0 saturated heterocycles. The van der Waals surface area contributed by atoms with Crippen LogP contribution < -0.4 is 9.47 Å². The SMILES string of the molecule is O=C(OCc1cc2c(cc1Br)OCO2)c1cccnc1. The van der Waals surface area contributed by atoms with Gasteiger partial charge in [0, 0.05) is 22.4 Å². The third-order valence-electron chi connectivity index (χ3n) is 2.80. The van der Waals surface area contributed by atoms with E-state index in [4.69, 9.17) is 14.2 Å². The number of esters is 1. The predicted octanol–water partition coefficient (Wildman–Crippen LogP) is 2.93. The van der Waals surface area contributed by atoms with Crippen LogP contribution in [0.1, 0.15) is 15.9 Å². The van der Waals surface area contributed by atoms with Crippen LogP contribution in [0.25, 0.3) is 0 Å². The molecule has 0 N–H and O–H groups in total. The summed E-state index contributed by atoms with van der Waals surface area (Å²) in [5.74, 6) is 0.919. The summed E-state index contributed by atoms with van der Waals surface area (Å²) in [7, 11) is 0. The fourth-order valence-electron chi connectivity index (χ4n) is 1.78. The van der Waals surface area contributed by atoms with Crippen molar-refractivity contribution in [2.75, 3.05) is 6.79 Å². The Bertz CT molecular complexity index is 645. The van der Waals surface area contributed by atoms with E-state index >= 15 is 0 Å². The van der Waals surface area contributed by atoms with Crippen LogP contribution in [-0.4, -0.2) is 17.7 Å². The highest BCUT2D eigenvalue weighted by Gasteiger charge is 2.17. The summed E-state index contributed by atoms with van der Waals surface area (Å²) in [6.45, 7) is 0.353. The minimum atomic E-state index is -0.414. The first-order valence-electron chi connectivity index (χ1n) is 5.89. The number of fused-ring (bicyclic) bond motifs is 1. The lowest BCUT2D eigenvalue weighted by molar-refractivity contribution is 0.0471. The van der Waals surface area contributed by atoms with Gasteiger partial charge < -0.3 is 14.2 Å². The van der Waals surface area contributed by atoms with E-state index in [-0.39, 0.29) is 13.4 Å². The molecule has 20 heavy (non-hydrogen) atoms. The fraction of sp³-hybridized carbons (Fsp3) is 0.143. The Balaban J connectivity index is 1.71. The highest BCUT2D eigenvalue weighted by molar-refractivity contribution is 9.10. The summed E-state index contributed by atoms with van der Waals surface area (Å²) in [6.07, 6.45) is 3.07. The van der Waals surface area contributed by atoms with Gasteiger partial charge >= 0.3 is 5.97 Å². The molecule has 0 saturated carbocycles. The largest absolute Gasteiger partial charge is 0.457 e. The molecule has 0 bridgehead atoms. The average molecular weight is 336 g/mol. The molecule has 0 fully saturated rings. The number of hydrogen-bond donors (Lipinski definition) is 0. The van der Waals surface area contributed by atoms with Gasteiger partial charge in [0.25, 0.3) is 0 Å². The number of nitrogens with zero attached hydrogens (tertiary/aromatic N) is 1. The van der Waals surface area contributed by atoms with Crippen molar-refractivity contribution < 1.29 is 19.0 Å². The number of hydrogen-bond acceptors (Lipinski definition) is 5. The number of benzene rings is 1. The molecule has 0 unspecified atom stereocenters. The molecule has 6 heteroatoms. The minimum Gasteiger partial charge on any atom is -0.457 e. The Morgan fingerprint density at radius 1 is 1.35 bits per heavy atom. The fourth-order valence-corrected chi connectivity index (χ4v) is 2.22. The monoisotopic (exact) mass is 335 g/mol. The zero-order valence-corrected chi connectivity index (χ0v) is 11.9. The molecule has 3 rings (SSSR count). The smallest absolute Gasteiger partial charge is 0.340 e. The van der Waals surface area contributed by atoms with Crippen LogP contribution in [0.2, 0.25) is 0 Å². The van der Waals surface area contributed by atoms with Gasteiger partial charge in [-0.1, -0.05) is 15.9 Å². The maximum atomic E-state index is 11.8. The molecule has 1 aliphatic heterocycles. The van der Waals surface area contributed by atoms with Crippen molar-refractivity contribution in [2.24, 2.45) is 0 Å². The molecule has 1 aromatic carbocycles. The lowest BCUT2D eigenvalue weighted by Gasteiger charge is -2.08. The molecule has 0 atom stereocenters. The number of aromatic nitrogens is 1. The maximum absolute atomic E-state index is 11.8. The first kappa shape index (κ1) is 12.9. The molecule has 2 aromatic rings. The Morgan fingerprint density at radius 3 is 2.90 bits per heavy atom. The third-order valence-corrected chi connectivity index (χ3v) is 3.54. The van der Waals surface area contributed by atoms with E-state index in [2.05, 4.69) is 20.9 Å². The molecule has 102 valence electrons. The van der Waals surface area contributed by atoms with Gasteiger partial charge in [0.1, 0.15) is 6.61 Å². The quantitative estimate of drug-likeness (QED) is 0.807. The van der Waals surface area contributed by atoms with E-state index in [0.717, 1.165) is 10.0 Å². The van der Waals surface area contributed by atoms with Crippen molar-refractivity contribution in [3.8, 4) is 11.5 Å². The second-order valence-electron chi connectivity index (χ2n) is 4.11. The van der Waals surface area contributed by atoms with E-state index in [9.17, 15) is 4.79 Å². The lowest BCUT2D eigenvalue weighted by atomic mass is 10.2. The van der Waals surface area contributed by atoms with Crippen molar-refractivity contribution >= 4 is 21.9 Å². The van der Waals surface area contributed by atoms with Gasteiger partial charge in [-0.2, -0.15) is 0 Å². The summed E-state index contributed by atoms with van der Waals surface area (Å²) in [6, 6.07) is 6.94.